The third-order valence-electron chi connectivity index (χ3n) is 4.61. The number of carbonyl (C=O) groups is 1. The number of hydrogen-bond acceptors (Lipinski definition) is 5. The van der Waals surface area contributed by atoms with Gasteiger partial charge in [0, 0.05) is 5.92 Å². The van der Waals surface area contributed by atoms with Crippen LogP contribution in [0.4, 0.5) is 0 Å². The summed E-state index contributed by atoms with van der Waals surface area (Å²) in [7, 11) is 0. The summed E-state index contributed by atoms with van der Waals surface area (Å²) >= 11 is 0. The Morgan fingerprint density at radius 2 is 2.20 bits per heavy atom. The third-order valence-corrected chi connectivity index (χ3v) is 4.61. The highest BCUT2D eigenvalue weighted by atomic mass is 16.6. The number of nitrogens with zero attached hydrogens (tertiary/aromatic N) is 2. The van der Waals surface area contributed by atoms with Gasteiger partial charge in [0.25, 0.3) is 5.88 Å². The van der Waals surface area contributed by atoms with Crippen LogP contribution in [0.5, 0.6) is 5.88 Å². The molecule has 1 unspecified atom stereocenters. The van der Waals surface area contributed by atoms with Crippen molar-refractivity contribution < 1.29 is 14.2 Å². The molecule has 1 aromatic rings. The van der Waals surface area contributed by atoms with Crippen LogP contribution in [0.25, 0.3) is 0 Å². The molecule has 0 aromatic carbocycles. The Morgan fingerprint density at radius 1 is 1.40 bits per heavy atom. The van der Waals surface area contributed by atoms with E-state index in [2.05, 4.69) is 20.3 Å². The molecule has 0 bridgehead atoms. The summed E-state index contributed by atoms with van der Waals surface area (Å²) in [5.41, 5.74) is 0.968. The van der Waals surface area contributed by atoms with E-state index in [1.807, 2.05) is 0 Å². The van der Waals surface area contributed by atoms with Crippen LogP contribution in [0.1, 0.15) is 44.2 Å². The van der Waals surface area contributed by atoms with Gasteiger partial charge < -0.3 is 10.1 Å². The molecule has 2 aliphatic carbocycles. The summed E-state index contributed by atoms with van der Waals surface area (Å²) in [6, 6.07) is 0. The molecule has 0 aliphatic heterocycles. The summed E-state index contributed by atoms with van der Waals surface area (Å²) in [6.45, 7) is 2.65. The summed E-state index contributed by atoms with van der Waals surface area (Å²) in [5.74, 6) is 0.818. The first kappa shape index (κ1) is 13.4. The molecule has 1 atom stereocenters. The number of carbonyl (C=O) groups excluding carboxylic acids is 1. The van der Waals surface area contributed by atoms with Crippen LogP contribution in [0.3, 0.4) is 0 Å². The van der Waals surface area contributed by atoms with E-state index < -0.39 is 0 Å². The van der Waals surface area contributed by atoms with Gasteiger partial charge in [0.15, 0.2) is 0 Å². The zero-order chi connectivity index (χ0) is 14.0. The van der Waals surface area contributed by atoms with Gasteiger partial charge >= 0.3 is 0 Å². The molecule has 1 heterocycles. The molecule has 0 radical (unpaired) electrons. The van der Waals surface area contributed by atoms with Gasteiger partial charge in [-0.25, -0.2) is 4.63 Å². The van der Waals surface area contributed by atoms with Crippen molar-refractivity contribution >= 4 is 5.91 Å². The average molecular weight is 279 g/mol. The number of nitrogens with one attached hydrogen (secondary N) is 1. The van der Waals surface area contributed by atoms with Crippen LogP contribution < -0.4 is 10.1 Å². The molecule has 0 saturated heterocycles. The van der Waals surface area contributed by atoms with Gasteiger partial charge in [0.2, 0.25) is 5.91 Å². The predicted molar refractivity (Wildman–Crippen MR) is 71.2 cm³/mol. The zero-order valence-electron chi connectivity index (χ0n) is 11.9. The minimum Gasteiger partial charge on any atom is -0.472 e. The molecule has 1 amide bonds. The molecule has 2 aliphatic rings. The highest BCUT2D eigenvalue weighted by molar-refractivity contribution is 5.82. The van der Waals surface area contributed by atoms with Crippen molar-refractivity contribution in [2.24, 2.45) is 11.3 Å². The second-order valence-electron chi connectivity index (χ2n) is 5.97. The molecular formula is C14H21N3O3. The van der Waals surface area contributed by atoms with Gasteiger partial charge in [0.05, 0.1) is 6.54 Å². The first-order valence-electron chi connectivity index (χ1n) is 7.41. The Morgan fingerprint density at radius 3 is 2.90 bits per heavy atom. The Labute approximate surface area is 118 Å². The van der Waals surface area contributed by atoms with Crippen LogP contribution in [0, 0.1) is 18.3 Å². The summed E-state index contributed by atoms with van der Waals surface area (Å²) < 4.78 is 9.92. The van der Waals surface area contributed by atoms with Crippen LogP contribution in [0.2, 0.25) is 0 Å². The number of amides is 1. The van der Waals surface area contributed by atoms with Crippen molar-refractivity contribution in [3.63, 3.8) is 0 Å². The van der Waals surface area contributed by atoms with Crippen LogP contribution in [0.15, 0.2) is 4.63 Å². The lowest BCUT2D eigenvalue weighted by atomic mass is 9.84. The Kier molecular flexibility index (Phi) is 3.63. The maximum absolute atomic E-state index is 12.1. The van der Waals surface area contributed by atoms with Crippen LogP contribution in [-0.2, 0) is 4.79 Å². The minimum atomic E-state index is 0.186. The van der Waals surface area contributed by atoms with Crippen molar-refractivity contribution in [3.05, 3.63) is 5.69 Å². The fraction of sp³-hybridized carbons (Fsp3) is 0.786. The van der Waals surface area contributed by atoms with E-state index in [0.717, 1.165) is 6.42 Å². The monoisotopic (exact) mass is 279 g/mol. The number of hydrogen-bond donors (Lipinski definition) is 1. The van der Waals surface area contributed by atoms with Gasteiger partial charge in [-0.05, 0) is 36.8 Å². The van der Waals surface area contributed by atoms with Crippen molar-refractivity contribution in [1.29, 1.82) is 0 Å². The lowest BCUT2D eigenvalue weighted by molar-refractivity contribution is -0.123. The quantitative estimate of drug-likeness (QED) is 0.832. The minimum absolute atomic E-state index is 0.186. The molecule has 3 rings (SSSR count). The fourth-order valence-corrected chi connectivity index (χ4v) is 3.33. The highest BCUT2D eigenvalue weighted by Gasteiger charge is 2.57. The fourth-order valence-electron chi connectivity index (χ4n) is 3.33. The van der Waals surface area contributed by atoms with E-state index in [1.54, 1.807) is 6.92 Å². The van der Waals surface area contributed by atoms with Gasteiger partial charge in [-0.2, -0.15) is 0 Å². The molecule has 2 saturated carbocycles. The number of aryl methyl sites for hydroxylation is 1. The topological polar surface area (TPSA) is 77.2 Å². The lowest BCUT2D eigenvalue weighted by Crippen LogP contribution is -2.31. The number of aromatic nitrogens is 2. The van der Waals surface area contributed by atoms with Crippen molar-refractivity contribution in [2.75, 3.05) is 13.2 Å². The van der Waals surface area contributed by atoms with Gasteiger partial charge in [0.1, 0.15) is 12.3 Å². The molecule has 1 N–H and O–H groups in total. The lowest BCUT2D eigenvalue weighted by Gasteiger charge is -2.22. The highest BCUT2D eigenvalue weighted by Crippen LogP contribution is 2.61. The normalized spacial score (nSPS) is 23.6. The molecule has 1 aromatic heterocycles. The maximum Gasteiger partial charge on any atom is 0.278 e. The van der Waals surface area contributed by atoms with Gasteiger partial charge in [-0.1, -0.05) is 24.4 Å². The van der Waals surface area contributed by atoms with E-state index >= 15 is 0 Å². The van der Waals surface area contributed by atoms with Crippen LogP contribution in [-0.4, -0.2) is 29.4 Å². The van der Waals surface area contributed by atoms with Crippen molar-refractivity contribution in [2.45, 2.75) is 45.4 Å². The van der Waals surface area contributed by atoms with Crippen molar-refractivity contribution in [3.8, 4) is 5.88 Å². The molecule has 1 spiro atoms. The van der Waals surface area contributed by atoms with Crippen LogP contribution >= 0.6 is 0 Å². The molecule has 6 nitrogen and oxygen atoms in total. The first-order valence-corrected chi connectivity index (χ1v) is 7.41. The largest absolute Gasteiger partial charge is 0.472 e. The van der Waals surface area contributed by atoms with E-state index in [4.69, 9.17) is 4.74 Å². The standard InChI is InChI=1S/C14H21N3O3/c1-10-13(17-20-16-10)19-8-7-15-12(18)11-9-14(11)5-3-2-4-6-14/h11H,2-9H2,1H3,(H,15,18). The summed E-state index contributed by atoms with van der Waals surface area (Å²) in [4.78, 5) is 12.1. The molecule has 20 heavy (non-hydrogen) atoms. The average Bonchev–Trinajstić information content (AvgIpc) is 2.98. The van der Waals surface area contributed by atoms with Gasteiger partial charge in [-0.15, -0.1) is 0 Å². The molecule has 110 valence electrons. The molecule has 6 heteroatoms. The Hall–Kier alpha value is -1.59. The number of rotatable bonds is 5. The van der Waals surface area contributed by atoms with E-state index in [0.29, 0.717) is 30.1 Å². The third kappa shape index (κ3) is 2.64. The van der Waals surface area contributed by atoms with E-state index in [1.165, 1.54) is 32.1 Å². The van der Waals surface area contributed by atoms with Gasteiger partial charge in [-0.3, -0.25) is 4.79 Å². The van der Waals surface area contributed by atoms with Crippen molar-refractivity contribution in [1.82, 2.24) is 15.6 Å². The maximum atomic E-state index is 12.1. The smallest absolute Gasteiger partial charge is 0.278 e. The predicted octanol–water partition coefficient (Wildman–Crippen LogP) is 1.84. The Balaban J connectivity index is 1.37. The molecule has 2 fully saturated rings. The number of ether oxygens (including phenoxy) is 1. The zero-order valence-corrected chi connectivity index (χ0v) is 11.9. The summed E-state index contributed by atoms with van der Waals surface area (Å²) in [6.07, 6.45) is 7.43. The Bertz CT molecular complexity index is 480. The van der Waals surface area contributed by atoms with E-state index in [-0.39, 0.29) is 11.8 Å². The second-order valence-corrected chi connectivity index (χ2v) is 5.97. The molecular weight excluding hydrogens is 258 g/mol. The summed E-state index contributed by atoms with van der Waals surface area (Å²) in [5, 5.41) is 10.2. The SMILES string of the molecule is Cc1nonc1OCCNC(=O)C1CC12CCCCC2. The second kappa shape index (κ2) is 5.42. The van der Waals surface area contributed by atoms with E-state index in [9.17, 15) is 4.79 Å². The first-order chi connectivity index (χ1) is 9.71.